The zero-order chi connectivity index (χ0) is 12.7. The lowest BCUT2D eigenvalue weighted by Gasteiger charge is -2.19. The van der Waals surface area contributed by atoms with Crippen molar-refractivity contribution in [3.63, 3.8) is 0 Å². The molecule has 0 aliphatic heterocycles. The smallest absolute Gasteiger partial charge is 0.226 e. The molecule has 0 saturated carbocycles. The largest absolute Gasteiger partial charge is 0.396 e. The minimum Gasteiger partial charge on any atom is -0.396 e. The van der Waals surface area contributed by atoms with E-state index in [0.29, 0.717) is 0 Å². The van der Waals surface area contributed by atoms with Crippen molar-refractivity contribution in [2.75, 3.05) is 44.1 Å². The maximum atomic E-state index is 8.71. The van der Waals surface area contributed by atoms with Crippen LogP contribution in [0.2, 0.25) is 0 Å². The quantitative estimate of drug-likeness (QED) is 0.722. The van der Waals surface area contributed by atoms with Gasteiger partial charge in [-0.15, -0.1) is 0 Å². The predicted octanol–water partition coefficient (Wildman–Crippen LogP) is 1.14. The minimum absolute atomic E-state index is 0.280. The third-order valence-electron chi connectivity index (χ3n) is 2.57. The summed E-state index contributed by atoms with van der Waals surface area (Å²) in [5.41, 5.74) is 0. The molecule has 0 aliphatic rings. The number of anilines is 2. The number of rotatable bonds is 7. The number of unbranched alkanes of at least 4 members (excludes halogenated alkanes) is 2. The molecule has 5 nitrogen and oxygen atoms in total. The predicted molar refractivity (Wildman–Crippen MR) is 70.6 cm³/mol. The highest BCUT2D eigenvalue weighted by Crippen LogP contribution is 2.12. The Kier molecular flexibility index (Phi) is 5.69. The Hall–Kier alpha value is -1.36. The van der Waals surface area contributed by atoms with Gasteiger partial charge in [0.2, 0.25) is 5.95 Å². The average molecular weight is 238 g/mol. The highest BCUT2D eigenvalue weighted by molar-refractivity contribution is 5.42. The van der Waals surface area contributed by atoms with Crippen LogP contribution in [-0.4, -0.2) is 49.4 Å². The van der Waals surface area contributed by atoms with Gasteiger partial charge in [0.15, 0.2) is 0 Å². The third kappa shape index (κ3) is 4.56. The fourth-order valence-electron chi connectivity index (χ4n) is 1.52. The lowest BCUT2D eigenvalue weighted by molar-refractivity contribution is 0.283. The molecule has 0 saturated heterocycles. The molecule has 17 heavy (non-hydrogen) atoms. The van der Waals surface area contributed by atoms with Gasteiger partial charge in [-0.1, -0.05) is 0 Å². The first kappa shape index (κ1) is 13.7. The molecule has 0 fully saturated rings. The summed E-state index contributed by atoms with van der Waals surface area (Å²) in [4.78, 5) is 12.7. The topological polar surface area (TPSA) is 52.5 Å². The summed E-state index contributed by atoms with van der Waals surface area (Å²) < 4.78 is 0. The minimum atomic E-state index is 0.280. The Morgan fingerprint density at radius 1 is 1.18 bits per heavy atom. The zero-order valence-electron chi connectivity index (χ0n) is 10.9. The second-order valence-electron chi connectivity index (χ2n) is 4.32. The Morgan fingerprint density at radius 3 is 2.59 bits per heavy atom. The molecular weight excluding hydrogens is 216 g/mol. The van der Waals surface area contributed by atoms with E-state index < -0.39 is 0 Å². The highest BCUT2D eigenvalue weighted by atomic mass is 16.2. The van der Waals surface area contributed by atoms with Gasteiger partial charge in [-0.3, -0.25) is 0 Å². The first-order valence-electron chi connectivity index (χ1n) is 5.97. The van der Waals surface area contributed by atoms with Crippen molar-refractivity contribution >= 4 is 11.8 Å². The summed E-state index contributed by atoms with van der Waals surface area (Å²) in [5.74, 6) is 1.66. The van der Waals surface area contributed by atoms with E-state index in [1.165, 1.54) is 0 Å². The molecule has 0 radical (unpaired) electrons. The second-order valence-corrected chi connectivity index (χ2v) is 4.32. The zero-order valence-corrected chi connectivity index (χ0v) is 10.9. The normalized spacial score (nSPS) is 10.4. The van der Waals surface area contributed by atoms with Crippen molar-refractivity contribution in [3.05, 3.63) is 12.3 Å². The monoisotopic (exact) mass is 238 g/mol. The molecular formula is C12H22N4O. The molecule has 5 heteroatoms. The van der Waals surface area contributed by atoms with Gasteiger partial charge in [-0.2, -0.15) is 4.98 Å². The van der Waals surface area contributed by atoms with Crippen LogP contribution in [-0.2, 0) is 0 Å². The van der Waals surface area contributed by atoms with Crippen LogP contribution in [0.15, 0.2) is 12.3 Å². The van der Waals surface area contributed by atoms with Gasteiger partial charge in [0.1, 0.15) is 5.82 Å². The van der Waals surface area contributed by atoms with E-state index >= 15 is 0 Å². The van der Waals surface area contributed by atoms with Gasteiger partial charge >= 0.3 is 0 Å². The summed E-state index contributed by atoms with van der Waals surface area (Å²) in [7, 11) is 5.89. The summed E-state index contributed by atoms with van der Waals surface area (Å²) in [6.45, 7) is 1.23. The van der Waals surface area contributed by atoms with Crippen molar-refractivity contribution in [3.8, 4) is 0 Å². The molecule has 0 amide bonds. The van der Waals surface area contributed by atoms with Crippen LogP contribution < -0.4 is 9.80 Å². The molecule has 0 aromatic carbocycles. The molecule has 0 aliphatic carbocycles. The Labute approximate surface area is 103 Å². The van der Waals surface area contributed by atoms with E-state index in [9.17, 15) is 0 Å². The second kappa shape index (κ2) is 7.06. The standard InChI is InChI=1S/C12H22N4O/c1-15(2)12-13-8-7-11(14-12)16(3)9-5-4-6-10-17/h7-8,17H,4-6,9-10H2,1-3H3. The molecule has 1 rings (SSSR count). The van der Waals surface area contributed by atoms with E-state index in [-0.39, 0.29) is 6.61 Å². The fourth-order valence-corrected chi connectivity index (χ4v) is 1.52. The summed E-state index contributed by atoms with van der Waals surface area (Å²) in [6.07, 6.45) is 4.77. The van der Waals surface area contributed by atoms with Crippen molar-refractivity contribution in [1.82, 2.24) is 9.97 Å². The summed E-state index contributed by atoms with van der Waals surface area (Å²) in [5, 5.41) is 8.71. The van der Waals surface area contributed by atoms with Crippen LogP contribution in [0, 0.1) is 0 Å². The van der Waals surface area contributed by atoms with Gasteiger partial charge in [0.25, 0.3) is 0 Å². The number of aliphatic hydroxyl groups excluding tert-OH is 1. The van der Waals surface area contributed by atoms with E-state index in [4.69, 9.17) is 5.11 Å². The highest BCUT2D eigenvalue weighted by Gasteiger charge is 2.05. The van der Waals surface area contributed by atoms with Crippen LogP contribution in [0.1, 0.15) is 19.3 Å². The third-order valence-corrected chi connectivity index (χ3v) is 2.57. The molecule has 1 N–H and O–H groups in total. The van der Waals surface area contributed by atoms with Crippen LogP contribution >= 0.6 is 0 Å². The van der Waals surface area contributed by atoms with E-state index in [2.05, 4.69) is 14.9 Å². The van der Waals surface area contributed by atoms with E-state index in [1.807, 2.05) is 32.1 Å². The van der Waals surface area contributed by atoms with Crippen LogP contribution in [0.5, 0.6) is 0 Å². The summed E-state index contributed by atoms with van der Waals surface area (Å²) in [6, 6.07) is 1.92. The number of hydrogen-bond donors (Lipinski definition) is 1. The first-order valence-corrected chi connectivity index (χ1v) is 5.97. The lowest BCUT2D eigenvalue weighted by Crippen LogP contribution is -2.21. The maximum absolute atomic E-state index is 8.71. The molecule has 0 bridgehead atoms. The number of nitrogens with zero attached hydrogens (tertiary/aromatic N) is 4. The number of hydrogen-bond acceptors (Lipinski definition) is 5. The van der Waals surface area contributed by atoms with E-state index in [1.54, 1.807) is 6.20 Å². The van der Waals surface area contributed by atoms with E-state index in [0.717, 1.165) is 37.6 Å². The maximum Gasteiger partial charge on any atom is 0.226 e. The molecule has 0 unspecified atom stereocenters. The average Bonchev–Trinajstić information content (AvgIpc) is 2.34. The number of aromatic nitrogens is 2. The molecule has 1 heterocycles. The Bertz CT molecular complexity index is 330. The molecule has 96 valence electrons. The van der Waals surface area contributed by atoms with Gasteiger partial charge < -0.3 is 14.9 Å². The van der Waals surface area contributed by atoms with Crippen LogP contribution in [0.25, 0.3) is 0 Å². The van der Waals surface area contributed by atoms with Gasteiger partial charge in [0, 0.05) is 40.5 Å². The summed E-state index contributed by atoms with van der Waals surface area (Å²) >= 11 is 0. The SMILES string of the molecule is CN(C)c1nccc(N(C)CCCCCO)n1. The molecule has 0 atom stereocenters. The van der Waals surface area contributed by atoms with Gasteiger partial charge in [0.05, 0.1) is 0 Å². The lowest BCUT2D eigenvalue weighted by atomic mass is 10.2. The molecule has 1 aromatic rings. The molecule has 0 spiro atoms. The van der Waals surface area contributed by atoms with Crippen LogP contribution in [0.3, 0.4) is 0 Å². The number of aliphatic hydroxyl groups is 1. The molecule has 1 aromatic heterocycles. The van der Waals surface area contributed by atoms with Crippen molar-refractivity contribution in [2.24, 2.45) is 0 Å². The fraction of sp³-hybridized carbons (Fsp3) is 0.667. The van der Waals surface area contributed by atoms with Gasteiger partial charge in [-0.05, 0) is 25.3 Å². The first-order chi connectivity index (χ1) is 8.15. The Morgan fingerprint density at radius 2 is 1.94 bits per heavy atom. The van der Waals surface area contributed by atoms with Crippen LogP contribution in [0.4, 0.5) is 11.8 Å². The van der Waals surface area contributed by atoms with Gasteiger partial charge in [-0.25, -0.2) is 4.98 Å². The van der Waals surface area contributed by atoms with Crippen molar-refractivity contribution in [2.45, 2.75) is 19.3 Å². The van der Waals surface area contributed by atoms with Crippen molar-refractivity contribution in [1.29, 1.82) is 0 Å². The Balaban J connectivity index is 2.50. The van der Waals surface area contributed by atoms with Crippen molar-refractivity contribution < 1.29 is 5.11 Å².